The topological polar surface area (TPSA) is 84.6 Å². The Bertz CT molecular complexity index is 387. The number of ether oxygens (including phenoxy) is 1. The van der Waals surface area contributed by atoms with Crippen LogP contribution >= 0.6 is 0 Å². The molecule has 0 saturated carbocycles. The van der Waals surface area contributed by atoms with Gasteiger partial charge in [-0.05, 0) is 17.7 Å². The molecule has 0 aliphatic rings. The number of primary amides is 1. The van der Waals surface area contributed by atoms with E-state index in [0.29, 0.717) is 18.7 Å². The highest BCUT2D eigenvalue weighted by molar-refractivity contribution is 5.74. The molecule has 1 atom stereocenters. The van der Waals surface area contributed by atoms with Crippen LogP contribution in [0.2, 0.25) is 0 Å². The Morgan fingerprint density at radius 3 is 3.00 bits per heavy atom. The number of nitrogens with two attached hydrogens (primary N) is 1. The second-order valence-corrected chi connectivity index (χ2v) is 3.79. The molecule has 1 unspecified atom stereocenters. The number of aliphatic hydroxyl groups excluding tert-OH is 1. The van der Waals surface area contributed by atoms with Gasteiger partial charge in [-0.2, -0.15) is 0 Å². The third-order valence-electron chi connectivity index (χ3n) is 2.24. The summed E-state index contributed by atoms with van der Waals surface area (Å²) in [7, 11) is 0. The molecule has 100 valence electrons. The van der Waals surface area contributed by atoms with Crippen LogP contribution in [-0.4, -0.2) is 37.3 Å². The predicted octanol–water partition coefficient (Wildman–Crippen LogP) is -0.0494. The first-order chi connectivity index (χ1) is 8.59. The second-order valence-electron chi connectivity index (χ2n) is 3.79. The van der Waals surface area contributed by atoms with E-state index in [1.165, 1.54) is 12.1 Å². The van der Waals surface area contributed by atoms with Crippen LogP contribution in [0.3, 0.4) is 0 Å². The molecule has 0 radical (unpaired) electrons. The molecule has 1 aromatic carbocycles. The lowest BCUT2D eigenvalue weighted by Gasteiger charge is -2.12. The van der Waals surface area contributed by atoms with E-state index < -0.39 is 12.0 Å². The maximum atomic E-state index is 12.9. The quantitative estimate of drug-likeness (QED) is 0.569. The average molecular weight is 256 g/mol. The molecule has 5 nitrogen and oxygen atoms in total. The molecular weight excluding hydrogens is 239 g/mol. The van der Waals surface area contributed by atoms with E-state index in [9.17, 15) is 14.3 Å². The van der Waals surface area contributed by atoms with Crippen molar-refractivity contribution in [1.82, 2.24) is 5.32 Å². The molecule has 0 aliphatic carbocycles. The number of hydrogen-bond acceptors (Lipinski definition) is 4. The Kier molecular flexibility index (Phi) is 6.27. The summed E-state index contributed by atoms with van der Waals surface area (Å²) in [4.78, 5) is 10.4. The van der Waals surface area contributed by atoms with E-state index in [-0.39, 0.29) is 19.0 Å². The number of carbonyl (C=O) groups excluding carboxylic acids is 1. The van der Waals surface area contributed by atoms with Crippen LogP contribution in [0.1, 0.15) is 11.7 Å². The van der Waals surface area contributed by atoms with Gasteiger partial charge in [-0.1, -0.05) is 12.1 Å². The van der Waals surface area contributed by atoms with E-state index in [0.717, 1.165) is 0 Å². The minimum atomic E-state index is -0.781. The van der Waals surface area contributed by atoms with E-state index in [1.807, 2.05) is 0 Å². The largest absolute Gasteiger partial charge is 0.387 e. The van der Waals surface area contributed by atoms with Crippen molar-refractivity contribution < 1.29 is 19.0 Å². The molecule has 18 heavy (non-hydrogen) atoms. The highest BCUT2D eigenvalue weighted by atomic mass is 19.1. The van der Waals surface area contributed by atoms with Gasteiger partial charge in [0.15, 0.2) is 0 Å². The maximum absolute atomic E-state index is 12.9. The lowest BCUT2D eigenvalue weighted by Crippen LogP contribution is -2.27. The fraction of sp³-hybridized carbons (Fsp3) is 0.417. The standard InChI is InChI=1S/C12H17FN2O3/c13-10-3-1-2-9(6-10)11(16)7-15-4-5-18-8-12(14)17/h1-3,6,11,15-16H,4-5,7-8H2,(H2,14,17). The SMILES string of the molecule is NC(=O)COCCNCC(O)c1cccc(F)c1. The van der Waals surface area contributed by atoms with E-state index >= 15 is 0 Å². The van der Waals surface area contributed by atoms with Crippen LogP contribution in [-0.2, 0) is 9.53 Å². The van der Waals surface area contributed by atoms with Crippen LogP contribution in [0.15, 0.2) is 24.3 Å². The molecule has 4 N–H and O–H groups in total. The molecule has 1 amide bonds. The lowest BCUT2D eigenvalue weighted by atomic mass is 10.1. The van der Waals surface area contributed by atoms with Gasteiger partial charge >= 0.3 is 0 Å². The summed E-state index contributed by atoms with van der Waals surface area (Å²) in [6.07, 6.45) is -0.781. The van der Waals surface area contributed by atoms with Gasteiger partial charge in [0.05, 0.1) is 12.7 Å². The molecule has 0 aromatic heterocycles. The molecule has 6 heteroatoms. The number of halogens is 1. The lowest BCUT2D eigenvalue weighted by molar-refractivity contribution is -0.122. The van der Waals surface area contributed by atoms with Crippen molar-refractivity contribution in [2.24, 2.45) is 5.73 Å². The molecule has 0 saturated heterocycles. The normalized spacial score (nSPS) is 12.3. The van der Waals surface area contributed by atoms with Crippen molar-refractivity contribution in [1.29, 1.82) is 0 Å². The van der Waals surface area contributed by atoms with Gasteiger partial charge in [-0.25, -0.2) is 4.39 Å². The minimum Gasteiger partial charge on any atom is -0.387 e. The zero-order valence-electron chi connectivity index (χ0n) is 9.93. The summed E-state index contributed by atoms with van der Waals surface area (Å²) in [6.45, 7) is 0.954. The Balaban J connectivity index is 2.17. The Morgan fingerprint density at radius 2 is 2.33 bits per heavy atom. The van der Waals surface area contributed by atoms with Gasteiger partial charge in [-0.15, -0.1) is 0 Å². The highest BCUT2D eigenvalue weighted by Gasteiger charge is 2.07. The number of hydrogen-bond donors (Lipinski definition) is 3. The van der Waals surface area contributed by atoms with Gasteiger partial charge in [0.1, 0.15) is 12.4 Å². The molecule has 0 fully saturated rings. The van der Waals surface area contributed by atoms with Crippen molar-refractivity contribution in [2.45, 2.75) is 6.10 Å². The zero-order chi connectivity index (χ0) is 13.4. The molecule has 0 heterocycles. The molecule has 0 spiro atoms. The number of benzene rings is 1. The third kappa shape index (κ3) is 5.72. The van der Waals surface area contributed by atoms with Crippen molar-refractivity contribution >= 4 is 5.91 Å². The Hall–Kier alpha value is -1.50. The van der Waals surface area contributed by atoms with Crippen molar-refractivity contribution in [2.75, 3.05) is 26.3 Å². The molecule has 1 rings (SSSR count). The average Bonchev–Trinajstić information content (AvgIpc) is 2.33. The highest BCUT2D eigenvalue weighted by Crippen LogP contribution is 2.12. The number of aliphatic hydroxyl groups is 1. The number of nitrogens with one attached hydrogen (secondary N) is 1. The maximum Gasteiger partial charge on any atom is 0.243 e. The van der Waals surface area contributed by atoms with E-state index in [2.05, 4.69) is 5.32 Å². The minimum absolute atomic E-state index is 0.117. The number of rotatable bonds is 8. The van der Waals surface area contributed by atoms with Gasteiger partial charge in [-0.3, -0.25) is 4.79 Å². The summed E-state index contributed by atoms with van der Waals surface area (Å²) in [6, 6.07) is 5.81. The van der Waals surface area contributed by atoms with Crippen molar-refractivity contribution in [3.63, 3.8) is 0 Å². The van der Waals surface area contributed by atoms with E-state index in [4.69, 9.17) is 10.5 Å². The summed E-state index contributed by atoms with van der Waals surface area (Å²) < 4.78 is 17.8. The van der Waals surface area contributed by atoms with Gasteiger partial charge in [0, 0.05) is 13.1 Å². The van der Waals surface area contributed by atoms with Gasteiger partial charge in [0.2, 0.25) is 5.91 Å². The first kappa shape index (κ1) is 14.6. The number of amides is 1. The third-order valence-corrected chi connectivity index (χ3v) is 2.24. The second kappa shape index (κ2) is 7.75. The summed E-state index contributed by atoms with van der Waals surface area (Å²) in [5.41, 5.74) is 5.40. The van der Waals surface area contributed by atoms with Crippen LogP contribution < -0.4 is 11.1 Å². The van der Waals surface area contributed by atoms with Gasteiger partial charge < -0.3 is 20.9 Å². The van der Waals surface area contributed by atoms with E-state index in [1.54, 1.807) is 12.1 Å². The molecule has 1 aromatic rings. The van der Waals surface area contributed by atoms with Crippen LogP contribution in [0.25, 0.3) is 0 Å². The smallest absolute Gasteiger partial charge is 0.243 e. The number of carbonyl (C=O) groups is 1. The first-order valence-electron chi connectivity index (χ1n) is 5.60. The van der Waals surface area contributed by atoms with Crippen molar-refractivity contribution in [3.05, 3.63) is 35.6 Å². The molecule has 0 bridgehead atoms. The molecular formula is C12H17FN2O3. The van der Waals surface area contributed by atoms with Crippen molar-refractivity contribution in [3.8, 4) is 0 Å². The first-order valence-corrected chi connectivity index (χ1v) is 5.60. The Morgan fingerprint density at radius 1 is 1.56 bits per heavy atom. The Labute approximate surface area is 105 Å². The van der Waals surface area contributed by atoms with Crippen LogP contribution in [0, 0.1) is 5.82 Å². The fourth-order valence-corrected chi connectivity index (χ4v) is 1.39. The predicted molar refractivity (Wildman–Crippen MR) is 64.2 cm³/mol. The summed E-state index contributed by atoms with van der Waals surface area (Å²) >= 11 is 0. The zero-order valence-corrected chi connectivity index (χ0v) is 9.93. The monoisotopic (exact) mass is 256 g/mol. The molecule has 0 aliphatic heterocycles. The van der Waals surface area contributed by atoms with Gasteiger partial charge in [0.25, 0.3) is 0 Å². The summed E-state index contributed by atoms with van der Waals surface area (Å²) in [5.74, 6) is -0.897. The van der Waals surface area contributed by atoms with Crippen LogP contribution in [0.4, 0.5) is 4.39 Å². The summed E-state index contributed by atoms with van der Waals surface area (Å²) in [5, 5.41) is 12.7. The fourth-order valence-electron chi connectivity index (χ4n) is 1.39. The van der Waals surface area contributed by atoms with Crippen LogP contribution in [0.5, 0.6) is 0 Å².